The number of carbonyl (C=O) groups is 3. The van der Waals surface area contributed by atoms with E-state index >= 15 is 4.39 Å². The molecule has 1 unspecified atom stereocenters. The van der Waals surface area contributed by atoms with Crippen LogP contribution in [0.25, 0.3) is 0 Å². The molecule has 0 saturated carbocycles. The highest BCUT2D eigenvalue weighted by molar-refractivity contribution is 6.30. The number of hydrogen-bond acceptors (Lipinski definition) is 5. The van der Waals surface area contributed by atoms with Crippen LogP contribution in [0.5, 0.6) is 0 Å². The smallest absolute Gasteiger partial charge is 0.245 e. The summed E-state index contributed by atoms with van der Waals surface area (Å²) < 4.78 is 20.7. The van der Waals surface area contributed by atoms with Crippen LogP contribution in [0.2, 0.25) is 5.02 Å². The summed E-state index contributed by atoms with van der Waals surface area (Å²) in [5.74, 6) is -1.40. The van der Waals surface area contributed by atoms with E-state index in [9.17, 15) is 14.4 Å². The predicted molar refractivity (Wildman–Crippen MR) is 160 cm³/mol. The lowest BCUT2D eigenvalue weighted by Crippen LogP contribution is -2.60. The van der Waals surface area contributed by atoms with Crippen molar-refractivity contribution < 1.29 is 23.5 Å². The number of carbonyl (C=O) groups excluding carboxylic acids is 3. The zero-order valence-corrected chi connectivity index (χ0v) is 26.4. The van der Waals surface area contributed by atoms with E-state index in [0.717, 1.165) is 12.8 Å². The first-order valence-electron chi connectivity index (χ1n) is 14.5. The molecule has 8 nitrogen and oxygen atoms in total. The number of amides is 3. The number of hydrogen-bond donors (Lipinski definition) is 1. The lowest BCUT2D eigenvalue weighted by atomic mass is 9.86. The van der Waals surface area contributed by atoms with E-state index in [2.05, 4.69) is 10.2 Å². The maximum absolute atomic E-state index is 15.1. The molecule has 0 aromatic heterocycles. The van der Waals surface area contributed by atoms with Gasteiger partial charge in [-0.15, -0.1) is 12.4 Å². The quantitative estimate of drug-likeness (QED) is 0.522. The summed E-state index contributed by atoms with van der Waals surface area (Å²) in [7, 11) is 0. The molecule has 3 amide bonds. The van der Waals surface area contributed by atoms with Gasteiger partial charge in [-0.2, -0.15) is 0 Å². The summed E-state index contributed by atoms with van der Waals surface area (Å²) in [5, 5.41) is 3.16. The molecular formula is C30H45Cl2FN4O4. The third-order valence-corrected chi connectivity index (χ3v) is 8.68. The lowest BCUT2D eigenvalue weighted by Gasteiger charge is -2.43. The van der Waals surface area contributed by atoms with E-state index in [1.165, 1.54) is 13.0 Å². The van der Waals surface area contributed by atoms with Gasteiger partial charge in [0.2, 0.25) is 17.7 Å². The Morgan fingerprint density at radius 1 is 1.12 bits per heavy atom. The minimum atomic E-state index is -0.605. The Kier molecular flexibility index (Phi) is 11.5. The van der Waals surface area contributed by atoms with Crippen LogP contribution >= 0.6 is 24.0 Å². The summed E-state index contributed by atoms with van der Waals surface area (Å²) in [4.78, 5) is 45.3. The van der Waals surface area contributed by atoms with Crippen molar-refractivity contribution in [3.05, 3.63) is 34.6 Å². The van der Waals surface area contributed by atoms with Gasteiger partial charge in [-0.25, -0.2) is 4.39 Å². The number of likely N-dealkylation sites (tertiary alicyclic amines) is 1. The number of nitrogens with zero attached hydrogens (tertiary/aromatic N) is 3. The van der Waals surface area contributed by atoms with Crippen molar-refractivity contribution >= 4 is 41.7 Å². The second-order valence-electron chi connectivity index (χ2n) is 12.9. The van der Waals surface area contributed by atoms with Crippen molar-refractivity contribution in [3.63, 3.8) is 0 Å². The molecule has 11 heteroatoms. The van der Waals surface area contributed by atoms with Crippen LogP contribution < -0.4 is 5.32 Å². The molecule has 4 atom stereocenters. The number of nitrogens with one attached hydrogen (secondary N) is 1. The molecule has 0 bridgehead atoms. The van der Waals surface area contributed by atoms with Crippen LogP contribution in [0.1, 0.15) is 65.4 Å². The molecule has 4 rings (SSSR count). The maximum Gasteiger partial charge on any atom is 0.245 e. The van der Waals surface area contributed by atoms with E-state index in [4.69, 9.17) is 16.3 Å². The first-order valence-corrected chi connectivity index (χ1v) is 14.8. The topological polar surface area (TPSA) is 82.2 Å². The molecular weight excluding hydrogens is 570 g/mol. The van der Waals surface area contributed by atoms with Crippen molar-refractivity contribution in [2.45, 2.75) is 77.9 Å². The average Bonchev–Trinajstić information content (AvgIpc) is 3.32. The van der Waals surface area contributed by atoms with Crippen molar-refractivity contribution in [1.82, 2.24) is 20.0 Å². The fourth-order valence-electron chi connectivity index (χ4n) is 6.53. The molecule has 0 radical (unpaired) electrons. The fourth-order valence-corrected chi connectivity index (χ4v) is 6.69. The summed E-state index contributed by atoms with van der Waals surface area (Å²) in [6.45, 7) is 13.3. The Hall–Kier alpha value is -1.94. The van der Waals surface area contributed by atoms with Gasteiger partial charge in [0.1, 0.15) is 11.9 Å². The Morgan fingerprint density at radius 2 is 1.80 bits per heavy atom. The molecule has 3 aliphatic rings. The lowest BCUT2D eigenvalue weighted by molar-refractivity contribution is -0.147. The fraction of sp³-hybridized carbons (Fsp3) is 0.700. The van der Waals surface area contributed by atoms with E-state index in [-0.39, 0.29) is 53.3 Å². The van der Waals surface area contributed by atoms with Gasteiger partial charge < -0.3 is 19.9 Å². The summed E-state index contributed by atoms with van der Waals surface area (Å²) in [5.41, 5.74) is 0.385. The van der Waals surface area contributed by atoms with E-state index in [0.29, 0.717) is 69.0 Å². The van der Waals surface area contributed by atoms with Crippen LogP contribution in [0, 0.1) is 17.2 Å². The zero-order chi connectivity index (χ0) is 29.2. The third-order valence-electron chi connectivity index (χ3n) is 8.45. The molecule has 3 aliphatic heterocycles. The summed E-state index contributed by atoms with van der Waals surface area (Å²) in [6, 6.07) is 4.23. The second-order valence-corrected chi connectivity index (χ2v) is 13.3. The Balaban J connectivity index is 0.00000462. The molecule has 3 heterocycles. The van der Waals surface area contributed by atoms with Crippen LogP contribution in [-0.2, 0) is 19.1 Å². The normalized spacial score (nSPS) is 25.0. The van der Waals surface area contributed by atoms with Gasteiger partial charge in [-0.3, -0.25) is 19.3 Å². The minimum Gasteiger partial charge on any atom is -0.381 e. The molecule has 1 aromatic rings. The molecule has 230 valence electrons. The third kappa shape index (κ3) is 8.33. The number of benzene rings is 1. The Bertz CT molecular complexity index is 1090. The number of ether oxygens (including phenoxy) is 1. The van der Waals surface area contributed by atoms with Crippen molar-refractivity contribution in [2.75, 3.05) is 45.9 Å². The van der Waals surface area contributed by atoms with E-state index in [1.54, 1.807) is 17.0 Å². The van der Waals surface area contributed by atoms with Gasteiger partial charge in [0.05, 0.1) is 5.92 Å². The SMILES string of the molecule is CC(=O)NC(CC(C)(C)C)C(=O)N1CCN(C(=O)[C@@H]2CN(C3CCOCC3)C[C@H]2c2ccc(Cl)cc2F)[C@@H](C)C1.Cl. The van der Waals surface area contributed by atoms with Gasteiger partial charge in [-0.05, 0) is 49.3 Å². The number of halogens is 3. The predicted octanol–water partition coefficient (Wildman–Crippen LogP) is 4.10. The van der Waals surface area contributed by atoms with E-state index < -0.39 is 12.0 Å². The molecule has 0 spiro atoms. The van der Waals surface area contributed by atoms with Crippen molar-refractivity contribution in [1.29, 1.82) is 0 Å². The molecule has 0 aliphatic carbocycles. The Labute approximate surface area is 254 Å². The van der Waals surface area contributed by atoms with Gasteiger partial charge >= 0.3 is 0 Å². The van der Waals surface area contributed by atoms with Gasteiger partial charge in [0.15, 0.2) is 0 Å². The Morgan fingerprint density at radius 3 is 2.39 bits per heavy atom. The van der Waals surface area contributed by atoms with Crippen molar-refractivity contribution in [2.24, 2.45) is 11.3 Å². The molecule has 41 heavy (non-hydrogen) atoms. The van der Waals surface area contributed by atoms with Gasteiger partial charge in [0, 0.05) is 75.9 Å². The monoisotopic (exact) mass is 614 g/mol. The highest BCUT2D eigenvalue weighted by Gasteiger charge is 2.45. The van der Waals surface area contributed by atoms with Crippen LogP contribution in [0.15, 0.2) is 18.2 Å². The largest absolute Gasteiger partial charge is 0.381 e. The highest BCUT2D eigenvalue weighted by Crippen LogP contribution is 2.38. The molecule has 1 N–H and O–H groups in total. The second kappa shape index (κ2) is 14.0. The maximum atomic E-state index is 15.1. The van der Waals surface area contributed by atoms with Crippen molar-refractivity contribution in [3.8, 4) is 0 Å². The molecule has 3 fully saturated rings. The number of rotatable bonds is 6. The standard InChI is InChI=1S/C30H44ClFN4O4.ClH/c1-19-16-34(29(39)27(33-20(2)37)15-30(3,4)5)10-11-36(19)28(38)25-18-35(22-8-12-40-13-9-22)17-24(25)23-7-6-21(31)14-26(23)32;/h6-7,14,19,22,24-25,27H,8-13,15-18H2,1-5H3,(H,33,37);1H/t19-,24-,25+,27?;/m0./s1. The molecule has 1 aromatic carbocycles. The van der Waals surface area contributed by atoms with Crippen LogP contribution in [-0.4, -0.2) is 96.5 Å². The van der Waals surface area contributed by atoms with Crippen LogP contribution in [0.3, 0.4) is 0 Å². The number of piperazine rings is 1. The molecule has 3 saturated heterocycles. The van der Waals surface area contributed by atoms with E-state index in [1.807, 2.05) is 32.6 Å². The summed E-state index contributed by atoms with van der Waals surface area (Å²) in [6.07, 6.45) is 2.33. The first kappa shape index (κ1) is 33.6. The summed E-state index contributed by atoms with van der Waals surface area (Å²) >= 11 is 6.04. The van der Waals surface area contributed by atoms with Gasteiger partial charge in [-0.1, -0.05) is 38.4 Å². The van der Waals surface area contributed by atoms with Crippen LogP contribution in [0.4, 0.5) is 4.39 Å². The average molecular weight is 616 g/mol. The first-order chi connectivity index (χ1) is 18.8. The van der Waals surface area contributed by atoms with Gasteiger partial charge in [0.25, 0.3) is 0 Å². The minimum absolute atomic E-state index is 0. The zero-order valence-electron chi connectivity index (χ0n) is 24.8. The highest BCUT2D eigenvalue weighted by atomic mass is 35.5.